The van der Waals surface area contributed by atoms with Gasteiger partial charge in [-0.2, -0.15) is 5.10 Å². The van der Waals surface area contributed by atoms with Gasteiger partial charge in [0.15, 0.2) is 5.65 Å². The van der Waals surface area contributed by atoms with Crippen LogP contribution in [0.15, 0.2) is 36.4 Å². The third-order valence-electron chi connectivity index (χ3n) is 6.34. The number of benzene rings is 1. The summed E-state index contributed by atoms with van der Waals surface area (Å²) in [5, 5.41) is 5.47. The lowest BCUT2D eigenvalue weighted by atomic mass is 10.1. The van der Waals surface area contributed by atoms with Gasteiger partial charge in [0.05, 0.1) is 16.6 Å². The van der Waals surface area contributed by atoms with Crippen molar-refractivity contribution in [3.63, 3.8) is 0 Å². The minimum Gasteiger partial charge on any atom is -0.337 e. The van der Waals surface area contributed by atoms with E-state index in [0.29, 0.717) is 5.92 Å². The van der Waals surface area contributed by atoms with Crippen molar-refractivity contribution in [3.8, 4) is 0 Å². The number of hydrogen-bond donors (Lipinski definition) is 0. The first-order valence-electron chi connectivity index (χ1n) is 11.0. The molecule has 0 unspecified atom stereocenters. The van der Waals surface area contributed by atoms with E-state index < -0.39 is 0 Å². The van der Waals surface area contributed by atoms with E-state index in [1.807, 2.05) is 29.6 Å². The number of aryl methyl sites for hydroxylation is 2. The van der Waals surface area contributed by atoms with Crippen molar-refractivity contribution >= 4 is 16.9 Å². The Kier molecular flexibility index (Phi) is 5.03. The Morgan fingerprint density at radius 1 is 1.10 bits per heavy atom. The highest BCUT2D eigenvalue weighted by Gasteiger charge is 2.30. The summed E-state index contributed by atoms with van der Waals surface area (Å²) in [6, 6.07) is 12.6. The summed E-state index contributed by atoms with van der Waals surface area (Å²) in [5.74, 6) is 0.628. The van der Waals surface area contributed by atoms with Crippen LogP contribution in [0.3, 0.4) is 0 Å². The molecule has 1 saturated carbocycles. The maximum absolute atomic E-state index is 13.6. The molecule has 5 rings (SSSR count). The summed E-state index contributed by atoms with van der Waals surface area (Å²) < 4.78 is 1.82. The molecule has 0 radical (unpaired) electrons. The summed E-state index contributed by atoms with van der Waals surface area (Å²) in [4.78, 5) is 23.0. The zero-order valence-corrected chi connectivity index (χ0v) is 17.8. The normalized spacial score (nSPS) is 18.0. The molecule has 0 bridgehead atoms. The molecule has 2 aromatic heterocycles. The molecule has 6 nitrogen and oxygen atoms in total. The molecule has 1 saturated heterocycles. The second-order valence-corrected chi connectivity index (χ2v) is 8.68. The molecule has 30 heavy (non-hydrogen) atoms. The maximum Gasteiger partial charge on any atom is 0.254 e. The minimum atomic E-state index is 0.127. The van der Waals surface area contributed by atoms with Crippen LogP contribution in [-0.4, -0.2) is 56.7 Å². The molecule has 156 valence electrons. The molecular weight excluding hydrogens is 374 g/mol. The van der Waals surface area contributed by atoms with Gasteiger partial charge in [-0.3, -0.25) is 14.4 Å². The molecule has 3 aromatic rings. The minimum absolute atomic E-state index is 0.127. The first kappa shape index (κ1) is 19.2. The second-order valence-electron chi connectivity index (χ2n) is 8.68. The van der Waals surface area contributed by atoms with Crippen LogP contribution < -0.4 is 0 Å². The smallest absolute Gasteiger partial charge is 0.254 e. The molecule has 1 aliphatic heterocycles. The highest BCUT2D eigenvalue weighted by atomic mass is 16.2. The van der Waals surface area contributed by atoms with E-state index in [4.69, 9.17) is 4.98 Å². The lowest BCUT2D eigenvalue weighted by molar-refractivity contribution is 0.0763. The Labute approximate surface area is 177 Å². The van der Waals surface area contributed by atoms with Crippen molar-refractivity contribution in [2.24, 2.45) is 7.05 Å². The molecular formula is C24H29N5O. The first-order chi connectivity index (χ1) is 14.6. The van der Waals surface area contributed by atoms with Crippen LogP contribution in [0.1, 0.15) is 52.5 Å². The van der Waals surface area contributed by atoms with Gasteiger partial charge in [-0.05, 0) is 37.8 Å². The van der Waals surface area contributed by atoms with Crippen LogP contribution >= 0.6 is 0 Å². The van der Waals surface area contributed by atoms with E-state index >= 15 is 0 Å². The van der Waals surface area contributed by atoms with E-state index in [9.17, 15) is 4.79 Å². The Morgan fingerprint density at radius 2 is 1.90 bits per heavy atom. The fourth-order valence-corrected chi connectivity index (χ4v) is 4.57. The van der Waals surface area contributed by atoms with E-state index in [2.05, 4.69) is 40.3 Å². The number of aromatic nitrogens is 3. The third kappa shape index (κ3) is 3.72. The predicted octanol–water partition coefficient (Wildman–Crippen LogP) is 3.50. The Hall–Kier alpha value is -2.73. The van der Waals surface area contributed by atoms with Crippen LogP contribution in [0.2, 0.25) is 0 Å². The summed E-state index contributed by atoms with van der Waals surface area (Å²) in [6.45, 7) is 6.39. The number of carbonyl (C=O) groups is 1. The molecule has 1 amide bonds. The Balaban J connectivity index is 1.39. The number of amides is 1. The summed E-state index contributed by atoms with van der Waals surface area (Å²) in [5.41, 5.74) is 4.87. The van der Waals surface area contributed by atoms with Gasteiger partial charge in [0, 0.05) is 51.4 Å². The first-order valence-corrected chi connectivity index (χ1v) is 11.0. The van der Waals surface area contributed by atoms with Crippen LogP contribution in [0.5, 0.6) is 0 Å². The molecule has 2 aliphatic rings. The fraction of sp³-hybridized carbons (Fsp3) is 0.458. The molecule has 2 fully saturated rings. The van der Waals surface area contributed by atoms with E-state index in [1.165, 1.54) is 18.4 Å². The topological polar surface area (TPSA) is 54.3 Å². The molecule has 6 heteroatoms. The SMILES string of the molecule is Cc1nn(C)c2nc(C3CC3)cc(C(=O)N3CCCN(Cc4ccccc4)CC3)c12. The van der Waals surface area contributed by atoms with Gasteiger partial charge in [0.25, 0.3) is 5.91 Å². The number of carbonyl (C=O) groups excluding carboxylic acids is 1. The Morgan fingerprint density at radius 3 is 2.67 bits per heavy atom. The zero-order valence-electron chi connectivity index (χ0n) is 17.8. The largest absolute Gasteiger partial charge is 0.337 e. The van der Waals surface area contributed by atoms with Gasteiger partial charge in [-0.25, -0.2) is 4.98 Å². The summed E-state index contributed by atoms with van der Waals surface area (Å²) in [6.07, 6.45) is 3.33. The average Bonchev–Trinajstić information content (AvgIpc) is 3.58. The van der Waals surface area contributed by atoms with Gasteiger partial charge in [0.2, 0.25) is 0 Å². The number of pyridine rings is 1. The summed E-state index contributed by atoms with van der Waals surface area (Å²) in [7, 11) is 1.92. The van der Waals surface area contributed by atoms with Crippen molar-refractivity contribution in [2.75, 3.05) is 26.2 Å². The van der Waals surface area contributed by atoms with Crippen molar-refractivity contribution in [1.29, 1.82) is 0 Å². The van der Waals surface area contributed by atoms with Gasteiger partial charge < -0.3 is 4.90 Å². The Bertz CT molecular complexity index is 1070. The standard InChI is InChI=1S/C24H29N5O/c1-17-22-20(15-21(19-9-10-19)25-23(22)27(2)26-17)24(30)29-12-6-11-28(13-14-29)16-18-7-4-3-5-8-18/h3-5,7-8,15,19H,6,9-14,16H2,1-2H3. The lowest BCUT2D eigenvalue weighted by Gasteiger charge is -2.22. The van der Waals surface area contributed by atoms with E-state index in [1.54, 1.807) is 0 Å². The van der Waals surface area contributed by atoms with Gasteiger partial charge in [-0.15, -0.1) is 0 Å². The average molecular weight is 404 g/mol. The quantitative estimate of drug-likeness (QED) is 0.669. The van der Waals surface area contributed by atoms with Gasteiger partial charge >= 0.3 is 0 Å². The molecule has 0 N–H and O–H groups in total. The molecule has 1 aliphatic carbocycles. The molecule has 0 atom stereocenters. The molecule has 0 spiro atoms. The number of hydrogen-bond acceptors (Lipinski definition) is 4. The third-order valence-corrected chi connectivity index (χ3v) is 6.34. The monoisotopic (exact) mass is 403 g/mol. The highest BCUT2D eigenvalue weighted by molar-refractivity contribution is 6.06. The number of nitrogens with zero attached hydrogens (tertiary/aromatic N) is 5. The van der Waals surface area contributed by atoms with E-state index in [0.717, 1.165) is 67.1 Å². The zero-order chi connectivity index (χ0) is 20.7. The molecule has 3 heterocycles. The highest BCUT2D eigenvalue weighted by Crippen LogP contribution is 2.40. The van der Waals surface area contributed by atoms with Crippen molar-refractivity contribution < 1.29 is 4.79 Å². The fourth-order valence-electron chi connectivity index (χ4n) is 4.57. The van der Waals surface area contributed by atoms with E-state index in [-0.39, 0.29) is 5.91 Å². The van der Waals surface area contributed by atoms with Crippen LogP contribution in [0.4, 0.5) is 0 Å². The van der Waals surface area contributed by atoms with Crippen molar-refractivity contribution in [1.82, 2.24) is 24.6 Å². The summed E-state index contributed by atoms with van der Waals surface area (Å²) >= 11 is 0. The van der Waals surface area contributed by atoms with Gasteiger partial charge in [0.1, 0.15) is 0 Å². The molecule has 1 aromatic carbocycles. The lowest BCUT2D eigenvalue weighted by Crippen LogP contribution is -2.35. The van der Waals surface area contributed by atoms with Crippen molar-refractivity contribution in [2.45, 2.75) is 38.6 Å². The number of fused-ring (bicyclic) bond motifs is 1. The van der Waals surface area contributed by atoms with Crippen molar-refractivity contribution in [3.05, 3.63) is 58.9 Å². The predicted molar refractivity (Wildman–Crippen MR) is 117 cm³/mol. The van der Waals surface area contributed by atoms with Gasteiger partial charge in [-0.1, -0.05) is 30.3 Å². The number of rotatable bonds is 4. The second kappa shape index (κ2) is 7.84. The van der Waals surface area contributed by atoms with Crippen LogP contribution in [-0.2, 0) is 13.6 Å². The maximum atomic E-state index is 13.6. The van der Waals surface area contributed by atoms with Crippen LogP contribution in [0, 0.1) is 6.92 Å². The van der Waals surface area contributed by atoms with Crippen LogP contribution in [0.25, 0.3) is 11.0 Å².